The molecule has 6 atom stereocenters. The van der Waals surface area contributed by atoms with E-state index >= 15 is 0 Å². The quantitative estimate of drug-likeness (QED) is 0.546. The molecule has 2 N–H and O–H groups in total. The van der Waals surface area contributed by atoms with Gasteiger partial charge in [0.05, 0.1) is 24.4 Å². The van der Waals surface area contributed by atoms with E-state index in [1.807, 2.05) is 13.8 Å². The topological polar surface area (TPSA) is 49.7 Å². The van der Waals surface area contributed by atoms with Gasteiger partial charge in [0, 0.05) is 0 Å². The normalized spacial score (nSPS) is 37.9. The van der Waals surface area contributed by atoms with E-state index in [1.165, 1.54) is 44.1 Å². The first-order valence-electron chi connectivity index (χ1n) is 12.4. The number of hydrogen-bond acceptors (Lipinski definition) is 3. The van der Waals surface area contributed by atoms with Crippen LogP contribution in [0.2, 0.25) is 0 Å². The highest BCUT2D eigenvalue weighted by Gasteiger charge is 2.41. The standard InChI is InChI=1S/C27H42O3/c1-18(6-5-14-27(2,3)29)21-11-12-22-20(7-4-8-23(21)22)10-9-19-16-25(28)24-13-15-30-26(24)17-19/h9-10,13,18,21-23,25-26,28-29H,4-8,11-12,14-17H2,1-3H3/b19-9-,20-10+/t18-,21?,22?,23?,25-,26-/m1/s1. The zero-order chi connectivity index (χ0) is 21.3. The summed E-state index contributed by atoms with van der Waals surface area (Å²) in [7, 11) is 0. The third-order valence-corrected chi connectivity index (χ3v) is 8.35. The van der Waals surface area contributed by atoms with Gasteiger partial charge in [-0.1, -0.05) is 49.1 Å². The van der Waals surface area contributed by atoms with Gasteiger partial charge in [0.15, 0.2) is 0 Å². The van der Waals surface area contributed by atoms with Crippen LogP contribution in [-0.4, -0.2) is 34.6 Å². The molecule has 0 bridgehead atoms. The first kappa shape index (κ1) is 22.3. The average molecular weight is 415 g/mol. The lowest BCUT2D eigenvalue weighted by Gasteiger charge is -2.34. The van der Waals surface area contributed by atoms with Crippen molar-refractivity contribution in [3.63, 3.8) is 0 Å². The molecule has 1 heterocycles. The molecular weight excluding hydrogens is 372 g/mol. The van der Waals surface area contributed by atoms with Crippen molar-refractivity contribution < 1.29 is 14.9 Å². The molecule has 0 saturated heterocycles. The van der Waals surface area contributed by atoms with E-state index in [4.69, 9.17) is 4.74 Å². The summed E-state index contributed by atoms with van der Waals surface area (Å²) < 4.78 is 5.78. The largest absolute Gasteiger partial charge is 0.390 e. The molecule has 3 nitrogen and oxygen atoms in total. The Hall–Kier alpha value is -0.900. The van der Waals surface area contributed by atoms with Crippen molar-refractivity contribution in [1.29, 1.82) is 0 Å². The van der Waals surface area contributed by atoms with Gasteiger partial charge in [0.25, 0.3) is 0 Å². The van der Waals surface area contributed by atoms with Gasteiger partial charge in [0.1, 0.15) is 0 Å². The number of aliphatic hydroxyl groups excluding tert-OH is 1. The van der Waals surface area contributed by atoms with Crippen LogP contribution in [0.3, 0.4) is 0 Å². The van der Waals surface area contributed by atoms with Gasteiger partial charge >= 0.3 is 0 Å². The fourth-order valence-corrected chi connectivity index (χ4v) is 6.75. The Balaban J connectivity index is 1.37. The molecule has 0 amide bonds. The first-order chi connectivity index (χ1) is 14.3. The Bertz CT molecular complexity index is 695. The third kappa shape index (κ3) is 5.11. The maximum Gasteiger partial charge on any atom is 0.0852 e. The van der Waals surface area contributed by atoms with E-state index in [0.29, 0.717) is 6.61 Å². The zero-order valence-electron chi connectivity index (χ0n) is 19.3. The van der Waals surface area contributed by atoms with E-state index < -0.39 is 5.60 Å². The van der Waals surface area contributed by atoms with Gasteiger partial charge in [-0.2, -0.15) is 0 Å². The van der Waals surface area contributed by atoms with Crippen LogP contribution in [0, 0.1) is 23.7 Å². The second-order valence-electron chi connectivity index (χ2n) is 11.1. The molecule has 168 valence electrons. The van der Waals surface area contributed by atoms with E-state index in [0.717, 1.165) is 54.9 Å². The van der Waals surface area contributed by atoms with Crippen molar-refractivity contribution in [3.05, 3.63) is 34.9 Å². The van der Waals surface area contributed by atoms with Gasteiger partial charge in [-0.3, -0.25) is 0 Å². The van der Waals surface area contributed by atoms with E-state index in [-0.39, 0.29) is 12.2 Å². The van der Waals surface area contributed by atoms with Crippen molar-refractivity contribution in [2.75, 3.05) is 6.61 Å². The summed E-state index contributed by atoms with van der Waals surface area (Å²) in [6, 6.07) is 0. The zero-order valence-corrected chi connectivity index (χ0v) is 19.3. The van der Waals surface area contributed by atoms with Gasteiger partial charge in [-0.25, -0.2) is 0 Å². The minimum atomic E-state index is -0.529. The Labute approximate surface area is 183 Å². The molecule has 0 aromatic carbocycles. The van der Waals surface area contributed by atoms with Crippen molar-refractivity contribution in [3.8, 4) is 0 Å². The fraction of sp³-hybridized carbons (Fsp3) is 0.778. The Morgan fingerprint density at radius 3 is 2.83 bits per heavy atom. The number of ether oxygens (including phenoxy) is 1. The van der Waals surface area contributed by atoms with Gasteiger partial charge in [-0.05, 0) is 94.5 Å². The lowest BCUT2D eigenvalue weighted by Crippen LogP contribution is -2.27. The Morgan fingerprint density at radius 2 is 2.03 bits per heavy atom. The van der Waals surface area contributed by atoms with Gasteiger partial charge < -0.3 is 14.9 Å². The lowest BCUT2D eigenvalue weighted by atomic mass is 9.71. The maximum atomic E-state index is 10.4. The summed E-state index contributed by atoms with van der Waals surface area (Å²) in [6.45, 7) is 6.96. The molecule has 3 aliphatic carbocycles. The van der Waals surface area contributed by atoms with E-state index in [9.17, 15) is 10.2 Å². The summed E-state index contributed by atoms with van der Waals surface area (Å²) in [5, 5.41) is 20.4. The SMILES string of the molecule is C[C@H](CCCC(C)(C)O)C1CCC2/C(=C/C=C3/C[C@@H](O)C4=CCO[C@@H]4C3)CCCC21. The molecule has 4 rings (SSSR count). The molecular formula is C27H42O3. The molecule has 3 saturated carbocycles. The number of rotatable bonds is 6. The molecule has 0 aromatic heterocycles. The molecule has 1 aliphatic heterocycles. The average Bonchev–Trinajstić information content (AvgIpc) is 3.32. The molecule has 4 aliphatic rings. The lowest BCUT2D eigenvalue weighted by molar-refractivity contribution is 0.0651. The molecule has 0 aromatic rings. The van der Waals surface area contributed by atoms with Crippen LogP contribution in [0.4, 0.5) is 0 Å². The van der Waals surface area contributed by atoms with Crippen LogP contribution in [0.1, 0.15) is 85.0 Å². The summed E-state index contributed by atoms with van der Waals surface area (Å²) in [5.41, 5.74) is 3.58. The highest BCUT2D eigenvalue weighted by molar-refractivity contribution is 5.31. The molecule has 3 unspecified atom stereocenters. The van der Waals surface area contributed by atoms with Gasteiger partial charge in [0.2, 0.25) is 0 Å². The summed E-state index contributed by atoms with van der Waals surface area (Å²) in [5.74, 6) is 3.23. The summed E-state index contributed by atoms with van der Waals surface area (Å²) >= 11 is 0. The molecule has 0 radical (unpaired) electrons. The predicted molar refractivity (Wildman–Crippen MR) is 122 cm³/mol. The van der Waals surface area contributed by atoms with Crippen LogP contribution >= 0.6 is 0 Å². The smallest absolute Gasteiger partial charge is 0.0852 e. The fourth-order valence-electron chi connectivity index (χ4n) is 6.75. The summed E-state index contributed by atoms with van der Waals surface area (Å²) in [4.78, 5) is 0. The monoisotopic (exact) mass is 414 g/mol. The number of aliphatic hydroxyl groups is 2. The second kappa shape index (κ2) is 9.30. The molecule has 3 fully saturated rings. The number of allylic oxidation sites excluding steroid dienone is 3. The summed E-state index contributed by atoms with van der Waals surface area (Å²) in [6.07, 6.45) is 18.2. The minimum Gasteiger partial charge on any atom is -0.390 e. The molecule has 3 heteroatoms. The predicted octanol–water partition coefficient (Wildman–Crippen LogP) is 5.72. The van der Waals surface area contributed by atoms with Gasteiger partial charge in [-0.15, -0.1) is 0 Å². The number of fused-ring (bicyclic) bond motifs is 2. The highest BCUT2D eigenvalue weighted by atomic mass is 16.5. The molecule has 30 heavy (non-hydrogen) atoms. The van der Waals surface area contributed by atoms with Crippen molar-refractivity contribution >= 4 is 0 Å². The Morgan fingerprint density at radius 1 is 1.20 bits per heavy atom. The Kier molecular flexibility index (Phi) is 6.91. The van der Waals surface area contributed by atoms with Crippen LogP contribution in [0.5, 0.6) is 0 Å². The van der Waals surface area contributed by atoms with Crippen LogP contribution in [0.25, 0.3) is 0 Å². The number of hydrogen-bond donors (Lipinski definition) is 2. The maximum absolute atomic E-state index is 10.4. The third-order valence-electron chi connectivity index (χ3n) is 8.35. The van der Waals surface area contributed by atoms with Crippen molar-refractivity contribution in [1.82, 2.24) is 0 Å². The van der Waals surface area contributed by atoms with E-state index in [1.54, 1.807) is 5.57 Å². The minimum absolute atomic E-state index is 0.109. The van der Waals surface area contributed by atoms with Crippen LogP contribution in [0.15, 0.2) is 34.9 Å². The van der Waals surface area contributed by atoms with E-state index in [2.05, 4.69) is 25.2 Å². The van der Waals surface area contributed by atoms with Crippen LogP contribution < -0.4 is 0 Å². The molecule has 0 spiro atoms. The first-order valence-corrected chi connectivity index (χ1v) is 12.4. The van der Waals surface area contributed by atoms with Crippen LogP contribution in [-0.2, 0) is 4.74 Å². The van der Waals surface area contributed by atoms with Crippen molar-refractivity contribution in [2.24, 2.45) is 23.7 Å². The van der Waals surface area contributed by atoms with Crippen molar-refractivity contribution in [2.45, 2.75) is 103 Å². The second-order valence-corrected chi connectivity index (χ2v) is 11.1. The highest BCUT2D eigenvalue weighted by Crippen LogP contribution is 2.51.